The topological polar surface area (TPSA) is 57.2 Å². The molecule has 1 saturated heterocycles. The lowest BCUT2D eigenvalue weighted by Crippen LogP contribution is -2.27. The summed E-state index contributed by atoms with van der Waals surface area (Å²) in [7, 11) is 3.17. The van der Waals surface area contributed by atoms with Crippen LogP contribution in [0.5, 0.6) is 0 Å². The zero-order chi connectivity index (χ0) is 9.68. The Morgan fingerprint density at radius 2 is 2.31 bits per heavy atom. The SMILES string of the molecule is COPOC[C@H]1O[C@@H](O)C[C@H]1OC. The number of aliphatic hydroxyl groups is 1. The highest BCUT2D eigenvalue weighted by Crippen LogP contribution is 2.23. The fraction of sp³-hybridized carbons (Fsp3) is 1.00. The van der Waals surface area contributed by atoms with Crippen molar-refractivity contribution < 1.29 is 23.6 Å². The summed E-state index contributed by atoms with van der Waals surface area (Å²) in [4.78, 5) is 0. The van der Waals surface area contributed by atoms with Crippen molar-refractivity contribution in [3.05, 3.63) is 0 Å². The predicted octanol–water partition coefficient (Wildman–Crippen LogP) is 0.280. The van der Waals surface area contributed by atoms with Crippen molar-refractivity contribution in [2.24, 2.45) is 0 Å². The van der Waals surface area contributed by atoms with E-state index in [1.165, 1.54) is 0 Å². The van der Waals surface area contributed by atoms with Crippen molar-refractivity contribution in [1.82, 2.24) is 0 Å². The smallest absolute Gasteiger partial charge is 0.157 e. The maximum Gasteiger partial charge on any atom is 0.157 e. The molecule has 0 radical (unpaired) electrons. The minimum absolute atomic E-state index is 0.00758. The maximum atomic E-state index is 9.17. The Morgan fingerprint density at radius 1 is 1.54 bits per heavy atom. The lowest BCUT2D eigenvalue weighted by Gasteiger charge is -2.15. The van der Waals surface area contributed by atoms with Crippen LogP contribution in [-0.4, -0.2) is 44.4 Å². The fourth-order valence-corrected chi connectivity index (χ4v) is 1.62. The highest BCUT2D eigenvalue weighted by Gasteiger charge is 2.34. The molecule has 5 nitrogen and oxygen atoms in total. The predicted molar refractivity (Wildman–Crippen MR) is 47.6 cm³/mol. The van der Waals surface area contributed by atoms with Gasteiger partial charge in [-0.05, 0) is 0 Å². The first-order chi connectivity index (χ1) is 6.27. The van der Waals surface area contributed by atoms with Gasteiger partial charge in [0.15, 0.2) is 15.3 Å². The molecule has 1 rings (SSSR count). The van der Waals surface area contributed by atoms with Crippen molar-refractivity contribution in [3.8, 4) is 0 Å². The van der Waals surface area contributed by atoms with Crippen LogP contribution in [0.3, 0.4) is 0 Å². The third-order valence-electron chi connectivity index (χ3n) is 1.87. The van der Waals surface area contributed by atoms with Gasteiger partial charge in [0, 0.05) is 20.6 Å². The summed E-state index contributed by atoms with van der Waals surface area (Å²) in [5.41, 5.74) is 0. The first kappa shape index (κ1) is 11.3. The first-order valence-corrected chi connectivity index (χ1v) is 4.85. The first-order valence-electron chi connectivity index (χ1n) is 4.04. The molecule has 4 atom stereocenters. The van der Waals surface area contributed by atoms with Crippen LogP contribution in [0, 0.1) is 0 Å². The zero-order valence-electron chi connectivity index (χ0n) is 7.73. The largest absolute Gasteiger partial charge is 0.378 e. The second kappa shape index (κ2) is 5.86. The van der Waals surface area contributed by atoms with E-state index < -0.39 is 6.29 Å². The number of methoxy groups -OCH3 is 1. The zero-order valence-corrected chi connectivity index (χ0v) is 8.73. The number of hydrogen-bond donors (Lipinski definition) is 1. The molecule has 1 fully saturated rings. The highest BCUT2D eigenvalue weighted by atomic mass is 31.1. The normalized spacial score (nSPS) is 34.8. The Bertz CT molecular complexity index is 145. The van der Waals surface area contributed by atoms with Gasteiger partial charge < -0.3 is 23.6 Å². The molecule has 0 aliphatic carbocycles. The molecule has 0 bridgehead atoms. The van der Waals surface area contributed by atoms with Gasteiger partial charge in [-0.15, -0.1) is 0 Å². The van der Waals surface area contributed by atoms with Gasteiger partial charge >= 0.3 is 0 Å². The van der Waals surface area contributed by atoms with Crippen LogP contribution in [0.4, 0.5) is 0 Å². The second-order valence-electron chi connectivity index (χ2n) is 2.74. The molecule has 13 heavy (non-hydrogen) atoms. The van der Waals surface area contributed by atoms with E-state index in [9.17, 15) is 5.11 Å². The average molecular weight is 210 g/mol. The van der Waals surface area contributed by atoms with Gasteiger partial charge in [-0.3, -0.25) is 0 Å². The molecule has 1 N–H and O–H groups in total. The summed E-state index contributed by atoms with van der Waals surface area (Å²) in [6.07, 6.45) is -0.510. The van der Waals surface area contributed by atoms with Gasteiger partial charge in [0.05, 0.1) is 12.7 Å². The van der Waals surface area contributed by atoms with E-state index in [0.717, 1.165) is 0 Å². The molecule has 1 heterocycles. The maximum absolute atomic E-state index is 9.17. The number of rotatable bonds is 5. The molecule has 1 aliphatic heterocycles. The standard InChI is InChI=1S/C7H15O5P/c1-9-5-3-7(8)12-6(5)4-11-13-10-2/h5-8,13H,3-4H2,1-2H3/t5-,6-,7-/m1/s1. The van der Waals surface area contributed by atoms with E-state index in [0.29, 0.717) is 13.0 Å². The minimum Gasteiger partial charge on any atom is -0.378 e. The molecule has 6 heteroatoms. The molecule has 1 aliphatic rings. The van der Waals surface area contributed by atoms with Gasteiger partial charge in [0.1, 0.15) is 6.10 Å². The van der Waals surface area contributed by atoms with E-state index in [-0.39, 0.29) is 21.2 Å². The summed E-state index contributed by atoms with van der Waals surface area (Å²) in [5, 5.41) is 9.17. The number of aliphatic hydroxyl groups excluding tert-OH is 1. The molecule has 0 amide bonds. The number of ether oxygens (including phenoxy) is 2. The molecule has 0 aromatic carbocycles. The van der Waals surface area contributed by atoms with E-state index in [1.54, 1.807) is 14.2 Å². The van der Waals surface area contributed by atoms with Gasteiger partial charge in [0.25, 0.3) is 0 Å². The molecule has 0 aromatic rings. The summed E-state index contributed by atoms with van der Waals surface area (Å²) in [6, 6.07) is 0. The fourth-order valence-electron chi connectivity index (χ4n) is 1.27. The Balaban J connectivity index is 2.23. The molecule has 78 valence electrons. The van der Waals surface area contributed by atoms with Crippen molar-refractivity contribution >= 4 is 9.03 Å². The third kappa shape index (κ3) is 3.46. The Kier molecular flexibility index (Phi) is 5.09. The number of hydrogen-bond acceptors (Lipinski definition) is 5. The van der Waals surface area contributed by atoms with Crippen LogP contribution in [0.15, 0.2) is 0 Å². The van der Waals surface area contributed by atoms with E-state index in [2.05, 4.69) is 0 Å². The van der Waals surface area contributed by atoms with Crippen LogP contribution < -0.4 is 0 Å². The summed E-state index contributed by atoms with van der Waals surface area (Å²) in [6.45, 7) is 0.391. The van der Waals surface area contributed by atoms with Gasteiger partial charge in [0.2, 0.25) is 0 Å². The van der Waals surface area contributed by atoms with E-state index in [4.69, 9.17) is 18.5 Å². The Labute approximate surface area is 79.3 Å². The summed E-state index contributed by atoms with van der Waals surface area (Å²) < 4.78 is 20.2. The van der Waals surface area contributed by atoms with Gasteiger partial charge in [-0.25, -0.2) is 0 Å². The van der Waals surface area contributed by atoms with Crippen LogP contribution in [-0.2, 0) is 18.5 Å². The molecular formula is C7H15O5P. The van der Waals surface area contributed by atoms with Crippen LogP contribution >= 0.6 is 9.03 Å². The summed E-state index contributed by atoms with van der Waals surface area (Å²) in [5.74, 6) is 0. The molecular weight excluding hydrogens is 195 g/mol. The van der Waals surface area contributed by atoms with Crippen molar-refractivity contribution in [3.63, 3.8) is 0 Å². The minimum atomic E-state index is -0.732. The van der Waals surface area contributed by atoms with Crippen LogP contribution in [0.1, 0.15) is 6.42 Å². The summed E-state index contributed by atoms with van der Waals surface area (Å²) >= 11 is 0. The van der Waals surface area contributed by atoms with E-state index >= 15 is 0 Å². The van der Waals surface area contributed by atoms with Gasteiger partial charge in [-0.2, -0.15) is 0 Å². The molecule has 0 spiro atoms. The van der Waals surface area contributed by atoms with Crippen LogP contribution in [0.2, 0.25) is 0 Å². The van der Waals surface area contributed by atoms with Crippen LogP contribution in [0.25, 0.3) is 0 Å². The second-order valence-corrected chi connectivity index (χ2v) is 3.60. The average Bonchev–Trinajstić information content (AvgIpc) is 2.47. The lowest BCUT2D eigenvalue weighted by molar-refractivity contribution is -0.106. The monoisotopic (exact) mass is 210 g/mol. The quantitative estimate of drug-likeness (QED) is 0.521. The Morgan fingerprint density at radius 3 is 2.92 bits per heavy atom. The van der Waals surface area contributed by atoms with Gasteiger partial charge in [-0.1, -0.05) is 0 Å². The molecule has 0 aromatic heterocycles. The van der Waals surface area contributed by atoms with Crippen molar-refractivity contribution in [2.75, 3.05) is 20.8 Å². The third-order valence-corrected chi connectivity index (χ3v) is 2.32. The highest BCUT2D eigenvalue weighted by molar-refractivity contribution is 7.26. The van der Waals surface area contributed by atoms with Crippen molar-refractivity contribution in [2.45, 2.75) is 24.9 Å². The Hall–Kier alpha value is 0.230. The van der Waals surface area contributed by atoms with E-state index in [1.807, 2.05) is 0 Å². The lowest BCUT2D eigenvalue weighted by atomic mass is 10.2. The molecule has 1 unspecified atom stereocenters. The molecule has 0 saturated carbocycles. The van der Waals surface area contributed by atoms with Crippen molar-refractivity contribution in [1.29, 1.82) is 0 Å².